The van der Waals surface area contributed by atoms with Gasteiger partial charge in [0.2, 0.25) is 0 Å². The maximum absolute atomic E-state index is 11.0. The number of rotatable bonds is 3. The third-order valence-corrected chi connectivity index (χ3v) is 2.54. The van der Waals surface area contributed by atoms with Crippen molar-refractivity contribution in [2.24, 2.45) is 0 Å². The van der Waals surface area contributed by atoms with Gasteiger partial charge in [-0.2, -0.15) is 5.10 Å². The van der Waals surface area contributed by atoms with Gasteiger partial charge in [-0.3, -0.25) is 20.2 Å². The van der Waals surface area contributed by atoms with Crippen molar-refractivity contribution in [2.75, 3.05) is 17.2 Å². The highest BCUT2D eigenvalue weighted by Gasteiger charge is 2.34. The number of hydrogen-bond acceptors (Lipinski definition) is 9. The highest BCUT2D eigenvalue weighted by Crippen LogP contribution is 2.45. The van der Waals surface area contributed by atoms with Crippen molar-refractivity contribution in [2.45, 2.75) is 0 Å². The van der Waals surface area contributed by atoms with E-state index in [1.807, 2.05) is 0 Å². The molecule has 2 rings (SSSR count). The Morgan fingerprint density at radius 2 is 1.50 bits per heavy atom. The van der Waals surface area contributed by atoms with Crippen molar-refractivity contribution >= 4 is 28.4 Å². The highest BCUT2D eigenvalue weighted by atomic mass is 16.6. The lowest BCUT2D eigenvalue weighted by atomic mass is 10.1. The van der Waals surface area contributed by atoms with Gasteiger partial charge in [-0.1, -0.05) is 0 Å². The van der Waals surface area contributed by atoms with Gasteiger partial charge in [0.25, 0.3) is 0 Å². The zero-order valence-electron chi connectivity index (χ0n) is 9.76. The van der Waals surface area contributed by atoms with Crippen molar-refractivity contribution in [3.05, 3.63) is 32.9 Å². The van der Waals surface area contributed by atoms with Gasteiger partial charge in [0.1, 0.15) is 29.7 Å². The Morgan fingerprint density at radius 3 is 1.85 bits per heavy atom. The maximum Gasteiger partial charge on any atom is 0.324 e. The summed E-state index contributed by atoms with van der Waals surface area (Å²) in [7, 11) is 0. The van der Waals surface area contributed by atoms with Crippen LogP contribution in [0.25, 0.3) is 5.69 Å². The second kappa shape index (κ2) is 4.34. The van der Waals surface area contributed by atoms with E-state index in [2.05, 4.69) is 10.1 Å². The first-order valence-electron chi connectivity index (χ1n) is 5.00. The molecule has 2 aromatic rings. The molecule has 1 aromatic heterocycles. The summed E-state index contributed by atoms with van der Waals surface area (Å²) >= 11 is 0. The molecule has 6 N–H and O–H groups in total. The summed E-state index contributed by atoms with van der Waals surface area (Å²) < 4.78 is 0.990. The van der Waals surface area contributed by atoms with Crippen LogP contribution < -0.4 is 17.2 Å². The number of nitrogen functional groups attached to an aromatic ring is 3. The van der Waals surface area contributed by atoms with Crippen LogP contribution in [-0.4, -0.2) is 24.6 Å². The van der Waals surface area contributed by atoms with E-state index in [-0.39, 0.29) is 5.69 Å². The summed E-state index contributed by atoms with van der Waals surface area (Å²) in [5, 5.41) is 25.7. The van der Waals surface area contributed by atoms with E-state index < -0.39 is 38.3 Å². The van der Waals surface area contributed by atoms with Crippen molar-refractivity contribution in [1.82, 2.24) is 14.8 Å². The van der Waals surface area contributed by atoms with Crippen molar-refractivity contribution in [1.29, 1.82) is 0 Å². The number of aromatic nitrogens is 3. The quantitative estimate of drug-likeness (QED) is 0.388. The number of benzene rings is 1. The number of nitro benzene ring substituents is 2. The van der Waals surface area contributed by atoms with Gasteiger partial charge in [0, 0.05) is 0 Å². The Labute approximate surface area is 110 Å². The molecule has 0 unspecified atom stereocenters. The van der Waals surface area contributed by atoms with Gasteiger partial charge in [-0.15, -0.1) is 0 Å². The molecule has 0 aliphatic heterocycles. The highest BCUT2D eigenvalue weighted by molar-refractivity contribution is 5.96. The van der Waals surface area contributed by atoms with E-state index in [0.717, 1.165) is 17.3 Å². The number of nitro groups is 2. The molecule has 0 spiro atoms. The number of hydrogen-bond donors (Lipinski definition) is 3. The predicted molar refractivity (Wildman–Crippen MR) is 67.9 cm³/mol. The maximum atomic E-state index is 11.0. The molecule has 0 radical (unpaired) electrons. The number of nitrogens with two attached hydrogens (primary N) is 3. The Morgan fingerprint density at radius 1 is 1.00 bits per heavy atom. The van der Waals surface area contributed by atoms with Crippen molar-refractivity contribution in [3.8, 4) is 5.69 Å². The fourth-order valence-corrected chi connectivity index (χ4v) is 1.74. The van der Waals surface area contributed by atoms with E-state index >= 15 is 0 Å². The van der Waals surface area contributed by atoms with Crippen LogP contribution in [-0.2, 0) is 0 Å². The van der Waals surface area contributed by atoms with Crippen LogP contribution in [0.3, 0.4) is 0 Å². The lowest BCUT2D eigenvalue weighted by Crippen LogP contribution is -2.12. The average Bonchev–Trinajstić information content (AvgIpc) is 2.80. The molecule has 1 aromatic carbocycles. The normalized spacial score (nSPS) is 10.4. The van der Waals surface area contributed by atoms with E-state index in [9.17, 15) is 20.2 Å². The van der Waals surface area contributed by atoms with Crippen LogP contribution in [0.5, 0.6) is 0 Å². The second-order valence-corrected chi connectivity index (χ2v) is 3.64. The van der Waals surface area contributed by atoms with Crippen LogP contribution in [0.4, 0.5) is 28.4 Å². The Kier molecular flexibility index (Phi) is 2.82. The fourth-order valence-electron chi connectivity index (χ4n) is 1.74. The molecule has 0 bridgehead atoms. The molecule has 12 nitrogen and oxygen atoms in total. The van der Waals surface area contributed by atoms with Gasteiger partial charge in [-0.25, -0.2) is 9.67 Å². The summed E-state index contributed by atoms with van der Waals surface area (Å²) in [4.78, 5) is 23.8. The molecule has 0 atom stereocenters. The van der Waals surface area contributed by atoms with E-state index in [0.29, 0.717) is 0 Å². The zero-order valence-corrected chi connectivity index (χ0v) is 9.76. The Bertz CT molecular complexity index is 669. The molecule has 1 heterocycles. The molecule has 0 aliphatic carbocycles. The number of nitrogens with zero attached hydrogens (tertiary/aromatic N) is 5. The summed E-state index contributed by atoms with van der Waals surface area (Å²) in [5.41, 5.74) is 13.3. The molecule has 0 saturated carbocycles. The third-order valence-electron chi connectivity index (χ3n) is 2.54. The topological polar surface area (TPSA) is 195 Å². The Balaban J connectivity index is 2.95. The number of anilines is 3. The van der Waals surface area contributed by atoms with Crippen LogP contribution in [0.15, 0.2) is 12.7 Å². The van der Waals surface area contributed by atoms with E-state index in [1.54, 1.807) is 0 Å². The molecule has 0 saturated heterocycles. The first kappa shape index (κ1) is 13.0. The molecule has 0 aliphatic rings. The molecular formula is C8H8N8O4. The molecule has 20 heavy (non-hydrogen) atoms. The lowest BCUT2D eigenvalue weighted by molar-refractivity contribution is -0.391. The molecule has 0 amide bonds. The summed E-state index contributed by atoms with van der Waals surface area (Å²) in [6.07, 6.45) is 2.26. The lowest BCUT2D eigenvalue weighted by Gasteiger charge is -2.11. The summed E-state index contributed by atoms with van der Waals surface area (Å²) in [5.74, 6) is 0. The van der Waals surface area contributed by atoms with Gasteiger partial charge < -0.3 is 17.2 Å². The monoisotopic (exact) mass is 280 g/mol. The van der Waals surface area contributed by atoms with Gasteiger partial charge >= 0.3 is 11.4 Å². The SMILES string of the molecule is Nc1c(-n2cncn2)c(N)c([N+](=O)[O-])c(N)c1[N+](=O)[O-]. The van der Waals surface area contributed by atoms with Crippen LogP contribution in [0.1, 0.15) is 0 Å². The van der Waals surface area contributed by atoms with E-state index in [4.69, 9.17) is 17.2 Å². The largest absolute Gasteiger partial charge is 0.391 e. The standard InChI is InChI=1S/C8H8N8O4/c9-3-6(14-2-12-1-13-14)4(10)8(16(19)20)5(11)7(3)15(17)18/h1-2H,9-11H2. The molecule has 0 fully saturated rings. The smallest absolute Gasteiger partial charge is 0.324 e. The second-order valence-electron chi connectivity index (χ2n) is 3.64. The Hall–Kier alpha value is -3.44. The van der Waals surface area contributed by atoms with Crippen LogP contribution >= 0.6 is 0 Å². The van der Waals surface area contributed by atoms with Crippen molar-refractivity contribution < 1.29 is 9.85 Å². The molecule has 12 heteroatoms. The minimum Gasteiger partial charge on any atom is -0.391 e. The van der Waals surface area contributed by atoms with Crippen LogP contribution in [0.2, 0.25) is 0 Å². The average molecular weight is 280 g/mol. The minimum absolute atomic E-state index is 0.213. The fraction of sp³-hybridized carbons (Fsp3) is 0. The van der Waals surface area contributed by atoms with Crippen LogP contribution in [0, 0.1) is 20.2 Å². The first-order chi connectivity index (χ1) is 9.36. The summed E-state index contributed by atoms with van der Waals surface area (Å²) in [6, 6.07) is 0. The van der Waals surface area contributed by atoms with Gasteiger partial charge in [0.05, 0.1) is 9.85 Å². The summed E-state index contributed by atoms with van der Waals surface area (Å²) in [6.45, 7) is 0. The van der Waals surface area contributed by atoms with Gasteiger partial charge in [0.15, 0.2) is 5.69 Å². The zero-order chi connectivity index (χ0) is 15.0. The first-order valence-corrected chi connectivity index (χ1v) is 5.00. The molecular weight excluding hydrogens is 272 g/mol. The molecule has 104 valence electrons. The van der Waals surface area contributed by atoms with E-state index in [1.165, 1.54) is 0 Å². The van der Waals surface area contributed by atoms with Gasteiger partial charge in [-0.05, 0) is 0 Å². The third kappa shape index (κ3) is 1.71. The van der Waals surface area contributed by atoms with Crippen molar-refractivity contribution in [3.63, 3.8) is 0 Å². The predicted octanol–water partition coefficient (Wildman–Crippen LogP) is -0.170. The minimum atomic E-state index is -0.919.